The van der Waals surface area contributed by atoms with Crippen molar-refractivity contribution in [2.75, 3.05) is 33.8 Å². The van der Waals surface area contributed by atoms with Gasteiger partial charge in [0.2, 0.25) is 0 Å². The van der Waals surface area contributed by atoms with Gasteiger partial charge in [-0.3, -0.25) is 0 Å². The summed E-state index contributed by atoms with van der Waals surface area (Å²) >= 11 is 1.81. The summed E-state index contributed by atoms with van der Waals surface area (Å²) in [7, 11) is 4.18. The molecule has 0 bridgehead atoms. The highest BCUT2D eigenvalue weighted by Gasteiger charge is 2.19. The van der Waals surface area contributed by atoms with Crippen molar-refractivity contribution in [3.8, 4) is 16.3 Å². The third kappa shape index (κ3) is 5.53. The van der Waals surface area contributed by atoms with Crippen LogP contribution < -0.4 is 4.74 Å². The number of rotatable bonds is 9. The van der Waals surface area contributed by atoms with Crippen molar-refractivity contribution in [3.05, 3.63) is 34.8 Å². The van der Waals surface area contributed by atoms with Crippen LogP contribution in [0.3, 0.4) is 0 Å². The molecule has 0 aliphatic carbocycles. The summed E-state index contributed by atoms with van der Waals surface area (Å²) in [6, 6.07) is 9.16. The molecule has 5 heteroatoms. The largest absolute Gasteiger partial charge is 0.494 e. The van der Waals surface area contributed by atoms with E-state index in [0.29, 0.717) is 0 Å². The third-order valence-electron chi connectivity index (χ3n) is 5.22. The van der Waals surface area contributed by atoms with Gasteiger partial charge in [0.1, 0.15) is 10.8 Å². The van der Waals surface area contributed by atoms with Gasteiger partial charge in [-0.1, -0.05) is 6.92 Å². The summed E-state index contributed by atoms with van der Waals surface area (Å²) in [6.07, 6.45) is 4.81. The van der Waals surface area contributed by atoms with E-state index in [9.17, 15) is 0 Å². The van der Waals surface area contributed by atoms with Gasteiger partial charge in [-0.2, -0.15) is 0 Å². The molecule has 0 spiro atoms. The molecule has 0 saturated carbocycles. The molecular weight excluding hydrogens is 354 g/mol. The van der Waals surface area contributed by atoms with E-state index in [2.05, 4.69) is 62.0 Å². The zero-order chi connectivity index (χ0) is 19.2. The van der Waals surface area contributed by atoms with E-state index < -0.39 is 0 Å². The molecule has 148 valence electrons. The summed E-state index contributed by atoms with van der Waals surface area (Å²) in [4.78, 5) is 11.0. The summed E-state index contributed by atoms with van der Waals surface area (Å²) in [6.45, 7) is 8.62. The lowest BCUT2D eigenvalue weighted by Gasteiger charge is -2.20. The third-order valence-corrected chi connectivity index (χ3v) is 6.51. The molecule has 1 aliphatic rings. The molecule has 1 saturated heterocycles. The Balaban J connectivity index is 1.53. The number of ether oxygens (including phenoxy) is 1. The Labute approximate surface area is 168 Å². The van der Waals surface area contributed by atoms with E-state index in [0.717, 1.165) is 49.3 Å². The Morgan fingerprint density at radius 1 is 1.26 bits per heavy atom. The Kier molecular flexibility index (Phi) is 7.27. The van der Waals surface area contributed by atoms with Crippen LogP contribution in [0.4, 0.5) is 0 Å². The number of aromatic nitrogens is 1. The van der Waals surface area contributed by atoms with E-state index in [1.807, 2.05) is 11.3 Å². The SMILES string of the molecule is CCc1sc(-c2ccc(OCCCN3CCCC3C)cc2)nc1CN(C)C. The molecule has 0 amide bonds. The number of likely N-dealkylation sites (tertiary alicyclic amines) is 1. The van der Waals surface area contributed by atoms with Gasteiger partial charge < -0.3 is 14.5 Å². The summed E-state index contributed by atoms with van der Waals surface area (Å²) < 4.78 is 5.94. The minimum absolute atomic E-state index is 0.743. The van der Waals surface area contributed by atoms with Crippen molar-refractivity contribution in [1.29, 1.82) is 0 Å². The summed E-state index contributed by atoms with van der Waals surface area (Å²) in [5.41, 5.74) is 2.39. The number of nitrogens with zero attached hydrogens (tertiary/aromatic N) is 3. The van der Waals surface area contributed by atoms with Crippen LogP contribution in [0.5, 0.6) is 5.75 Å². The predicted octanol–water partition coefficient (Wildman–Crippen LogP) is 4.69. The first-order valence-corrected chi connectivity index (χ1v) is 11.0. The van der Waals surface area contributed by atoms with Crippen LogP contribution in [0.2, 0.25) is 0 Å². The molecule has 2 aromatic rings. The van der Waals surface area contributed by atoms with Gasteiger partial charge >= 0.3 is 0 Å². The molecule has 2 heterocycles. The van der Waals surface area contributed by atoms with Gasteiger partial charge in [-0.15, -0.1) is 11.3 Å². The van der Waals surface area contributed by atoms with Gasteiger partial charge in [-0.25, -0.2) is 4.98 Å². The zero-order valence-electron chi connectivity index (χ0n) is 17.2. The van der Waals surface area contributed by atoms with Crippen LogP contribution in [0, 0.1) is 0 Å². The van der Waals surface area contributed by atoms with Crippen molar-refractivity contribution in [2.24, 2.45) is 0 Å². The molecule has 0 N–H and O–H groups in total. The maximum Gasteiger partial charge on any atom is 0.123 e. The van der Waals surface area contributed by atoms with Crippen LogP contribution >= 0.6 is 11.3 Å². The van der Waals surface area contributed by atoms with Crippen molar-refractivity contribution >= 4 is 11.3 Å². The molecule has 1 fully saturated rings. The molecule has 1 aliphatic heterocycles. The summed E-state index contributed by atoms with van der Waals surface area (Å²) in [5, 5.41) is 1.11. The average Bonchev–Trinajstić information content (AvgIpc) is 3.25. The molecule has 1 unspecified atom stereocenters. The fourth-order valence-corrected chi connectivity index (χ4v) is 4.70. The van der Waals surface area contributed by atoms with E-state index >= 15 is 0 Å². The van der Waals surface area contributed by atoms with Crippen LogP contribution in [-0.4, -0.2) is 54.6 Å². The Bertz CT molecular complexity index is 711. The second-order valence-corrected chi connectivity index (χ2v) is 8.82. The molecule has 1 atom stereocenters. The molecular formula is C22H33N3OS. The van der Waals surface area contributed by atoms with Crippen LogP contribution in [0.1, 0.15) is 43.7 Å². The van der Waals surface area contributed by atoms with E-state index in [-0.39, 0.29) is 0 Å². The highest BCUT2D eigenvalue weighted by Crippen LogP contribution is 2.30. The van der Waals surface area contributed by atoms with Crippen molar-refractivity contribution in [2.45, 2.75) is 52.1 Å². The topological polar surface area (TPSA) is 28.6 Å². The maximum absolute atomic E-state index is 5.94. The molecule has 4 nitrogen and oxygen atoms in total. The minimum Gasteiger partial charge on any atom is -0.494 e. The van der Waals surface area contributed by atoms with Crippen molar-refractivity contribution in [1.82, 2.24) is 14.8 Å². The zero-order valence-corrected chi connectivity index (χ0v) is 18.0. The number of hydrogen-bond donors (Lipinski definition) is 0. The van der Waals surface area contributed by atoms with Crippen molar-refractivity contribution in [3.63, 3.8) is 0 Å². The van der Waals surface area contributed by atoms with Gasteiger partial charge in [0.05, 0.1) is 12.3 Å². The fourth-order valence-electron chi connectivity index (χ4n) is 3.68. The first kappa shape index (κ1) is 20.3. The second kappa shape index (κ2) is 9.67. The van der Waals surface area contributed by atoms with E-state index in [1.165, 1.54) is 35.5 Å². The molecule has 1 aromatic heterocycles. The number of aryl methyl sites for hydroxylation is 1. The minimum atomic E-state index is 0.743. The Morgan fingerprint density at radius 2 is 2.04 bits per heavy atom. The van der Waals surface area contributed by atoms with Gasteiger partial charge in [0, 0.05) is 29.6 Å². The normalized spacial score (nSPS) is 17.7. The van der Waals surface area contributed by atoms with Gasteiger partial charge in [-0.05, 0) is 77.5 Å². The lowest BCUT2D eigenvalue weighted by molar-refractivity contribution is 0.230. The second-order valence-electron chi connectivity index (χ2n) is 7.73. The van der Waals surface area contributed by atoms with E-state index in [4.69, 9.17) is 9.72 Å². The average molecular weight is 388 g/mol. The Morgan fingerprint density at radius 3 is 2.67 bits per heavy atom. The monoisotopic (exact) mass is 387 g/mol. The van der Waals surface area contributed by atoms with Crippen LogP contribution in [0.15, 0.2) is 24.3 Å². The quantitative estimate of drug-likeness (QED) is 0.584. The fraction of sp³-hybridized carbons (Fsp3) is 0.591. The highest BCUT2D eigenvalue weighted by molar-refractivity contribution is 7.15. The molecule has 27 heavy (non-hydrogen) atoms. The standard InChI is InChI=1S/C22H33N3OS/c1-5-21-20(16-24(3)4)23-22(27-21)18-9-11-19(12-10-18)26-15-7-14-25-13-6-8-17(25)2/h9-12,17H,5-8,13-16H2,1-4H3. The maximum atomic E-state index is 5.94. The van der Waals surface area contributed by atoms with Crippen LogP contribution in [-0.2, 0) is 13.0 Å². The first-order chi connectivity index (χ1) is 13.1. The van der Waals surface area contributed by atoms with Crippen LogP contribution in [0.25, 0.3) is 10.6 Å². The van der Waals surface area contributed by atoms with Gasteiger partial charge in [0.15, 0.2) is 0 Å². The number of thiazole rings is 1. The molecule has 3 rings (SSSR count). The lowest BCUT2D eigenvalue weighted by atomic mass is 10.2. The van der Waals surface area contributed by atoms with Gasteiger partial charge in [0.25, 0.3) is 0 Å². The Hall–Kier alpha value is -1.43. The summed E-state index contributed by atoms with van der Waals surface area (Å²) in [5.74, 6) is 0.953. The van der Waals surface area contributed by atoms with E-state index in [1.54, 1.807) is 0 Å². The highest BCUT2D eigenvalue weighted by atomic mass is 32.1. The lowest BCUT2D eigenvalue weighted by Crippen LogP contribution is -2.28. The predicted molar refractivity (Wildman–Crippen MR) is 115 cm³/mol. The first-order valence-electron chi connectivity index (χ1n) is 10.2. The van der Waals surface area contributed by atoms with Crippen molar-refractivity contribution < 1.29 is 4.74 Å². The molecule has 0 radical (unpaired) electrons. The molecule has 1 aromatic carbocycles. The number of benzene rings is 1. The number of hydrogen-bond acceptors (Lipinski definition) is 5. The smallest absolute Gasteiger partial charge is 0.123 e.